The molecule has 2 rings (SSSR count). The number of benzene rings is 1. The molecule has 1 aliphatic heterocycles. The van der Waals surface area contributed by atoms with Crippen LogP contribution in [0.25, 0.3) is 0 Å². The van der Waals surface area contributed by atoms with Crippen molar-refractivity contribution in [3.05, 3.63) is 23.5 Å². The fraction of sp³-hybridized carbons (Fsp3) is 0.625. The number of ether oxygens (including phenoxy) is 2. The number of piperazine rings is 1. The van der Waals surface area contributed by atoms with Crippen LogP contribution in [-0.4, -0.2) is 51.5 Å². The van der Waals surface area contributed by atoms with Crippen LogP contribution < -0.4 is 14.8 Å². The van der Waals surface area contributed by atoms with Gasteiger partial charge < -0.3 is 14.8 Å². The number of hydrogen-bond donors (Lipinski definition) is 1. The molecular formula is C16H23ClF4N2O2. The van der Waals surface area contributed by atoms with Gasteiger partial charge in [-0.3, -0.25) is 4.90 Å². The molecule has 0 amide bonds. The number of rotatable bonds is 6. The van der Waals surface area contributed by atoms with Gasteiger partial charge in [-0.1, -0.05) is 0 Å². The number of nitrogens with zero attached hydrogens (tertiary/aromatic N) is 1. The molecule has 1 heterocycles. The number of alkyl halides is 3. The lowest BCUT2D eigenvalue weighted by Crippen LogP contribution is -2.45. The van der Waals surface area contributed by atoms with Crippen LogP contribution in [0.3, 0.4) is 0 Å². The van der Waals surface area contributed by atoms with Crippen LogP contribution in [0.5, 0.6) is 11.5 Å². The number of halogens is 5. The average Bonchev–Trinajstić information content (AvgIpc) is 2.55. The maximum Gasteiger partial charge on any atom is 0.389 e. The third-order valence-electron chi connectivity index (χ3n) is 4.16. The van der Waals surface area contributed by atoms with Crippen molar-refractivity contribution in [2.75, 3.05) is 40.4 Å². The van der Waals surface area contributed by atoms with Crippen molar-refractivity contribution in [1.82, 2.24) is 10.2 Å². The SMILES string of the molecule is COc1cc(F)c([C@H](CCC(F)(F)F)N2CCNCC2)cc1OC.Cl. The summed E-state index contributed by atoms with van der Waals surface area (Å²) in [5, 5.41) is 3.15. The molecule has 9 heteroatoms. The highest BCUT2D eigenvalue weighted by molar-refractivity contribution is 5.85. The van der Waals surface area contributed by atoms with Crippen LogP contribution in [0.2, 0.25) is 0 Å². The summed E-state index contributed by atoms with van der Waals surface area (Å²) in [7, 11) is 2.80. The summed E-state index contributed by atoms with van der Waals surface area (Å²) >= 11 is 0. The van der Waals surface area contributed by atoms with Gasteiger partial charge in [-0.2, -0.15) is 13.2 Å². The van der Waals surface area contributed by atoms with Crippen LogP contribution in [-0.2, 0) is 0 Å². The van der Waals surface area contributed by atoms with Crippen molar-refractivity contribution in [1.29, 1.82) is 0 Å². The predicted octanol–water partition coefficient (Wildman–Crippen LogP) is 3.55. The van der Waals surface area contributed by atoms with Crippen LogP contribution in [0, 0.1) is 5.82 Å². The normalized spacial score (nSPS) is 16.9. The second-order valence-electron chi connectivity index (χ2n) is 5.68. The molecule has 0 bridgehead atoms. The Morgan fingerprint density at radius 1 is 1.12 bits per heavy atom. The average molecular weight is 387 g/mol. The zero-order valence-electron chi connectivity index (χ0n) is 14.2. The summed E-state index contributed by atoms with van der Waals surface area (Å²) in [6, 6.07) is 1.95. The van der Waals surface area contributed by atoms with Gasteiger partial charge in [0.05, 0.1) is 14.2 Å². The Hall–Kier alpha value is -1.25. The fourth-order valence-electron chi connectivity index (χ4n) is 2.95. The number of nitrogens with one attached hydrogen (secondary N) is 1. The van der Waals surface area contributed by atoms with Gasteiger partial charge in [0.2, 0.25) is 0 Å². The zero-order valence-corrected chi connectivity index (χ0v) is 15.0. The third kappa shape index (κ3) is 5.90. The van der Waals surface area contributed by atoms with Gasteiger partial charge in [-0.25, -0.2) is 4.39 Å². The molecule has 1 aromatic carbocycles. The van der Waals surface area contributed by atoms with E-state index in [9.17, 15) is 17.6 Å². The Morgan fingerprint density at radius 2 is 1.68 bits per heavy atom. The van der Waals surface area contributed by atoms with E-state index >= 15 is 0 Å². The first-order chi connectivity index (χ1) is 11.4. The zero-order chi connectivity index (χ0) is 17.7. The van der Waals surface area contributed by atoms with E-state index < -0.39 is 24.5 Å². The lowest BCUT2D eigenvalue weighted by atomic mass is 9.98. The van der Waals surface area contributed by atoms with Crippen molar-refractivity contribution >= 4 is 12.4 Å². The lowest BCUT2D eigenvalue weighted by molar-refractivity contribution is -0.138. The molecule has 4 nitrogen and oxygen atoms in total. The topological polar surface area (TPSA) is 33.7 Å². The molecule has 1 aromatic rings. The smallest absolute Gasteiger partial charge is 0.389 e. The van der Waals surface area contributed by atoms with Crippen molar-refractivity contribution in [3.8, 4) is 11.5 Å². The van der Waals surface area contributed by atoms with Crippen LogP contribution >= 0.6 is 12.4 Å². The maximum absolute atomic E-state index is 14.5. The molecule has 1 saturated heterocycles. The summed E-state index contributed by atoms with van der Waals surface area (Å²) in [6.07, 6.45) is -5.44. The van der Waals surface area contributed by atoms with Gasteiger partial charge in [-0.15, -0.1) is 12.4 Å². The largest absolute Gasteiger partial charge is 0.493 e. The van der Waals surface area contributed by atoms with Gasteiger partial charge in [0, 0.05) is 50.3 Å². The molecule has 0 unspecified atom stereocenters. The minimum absolute atomic E-state index is 0. The van der Waals surface area contributed by atoms with Crippen molar-refractivity contribution in [3.63, 3.8) is 0 Å². The molecule has 1 fully saturated rings. The lowest BCUT2D eigenvalue weighted by Gasteiger charge is -2.35. The van der Waals surface area contributed by atoms with E-state index in [1.807, 2.05) is 4.90 Å². The van der Waals surface area contributed by atoms with E-state index in [2.05, 4.69) is 5.32 Å². The molecule has 1 aliphatic rings. The van der Waals surface area contributed by atoms with Crippen LogP contribution in [0.15, 0.2) is 12.1 Å². The molecule has 25 heavy (non-hydrogen) atoms. The molecule has 144 valence electrons. The molecule has 1 N–H and O–H groups in total. The van der Waals surface area contributed by atoms with Crippen molar-refractivity contribution in [2.24, 2.45) is 0 Å². The molecule has 0 saturated carbocycles. The van der Waals surface area contributed by atoms with Crippen molar-refractivity contribution in [2.45, 2.75) is 25.1 Å². The quantitative estimate of drug-likeness (QED) is 0.758. The van der Waals surface area contributed by atoms with Gasteiger partial charge in [0.15, 0.2) is 11.5 Å². The summed E-state index contributed by atoms with van der Waals surface area (Å²) in [5.74, 6) is -0.0620. The summed E-state index contributed by atoms with van der Waals surface area (Å²) < 4.78 is 62.8. The second kappa shape index (κ2) is 9.45. The van der Waals surface area contributed by atoms with Gasteiger partial charge in [-0.05, 0) is 12.5 Å². The Kier molecular flexibility index (Phi) is 8.24. The Bertz CT molecular complexity index is 552. The Labute approximate surface area is 150 Å². The highest BCUT2D eigenvalue weighted by Crippen LogP contribution is 2.38. The number of hydrogen-bond acceptors (Lipinski definition) is 4. The monoisotopic (exact) mass is 386 g/mol. The minimum Gasteiger partial charge on any atom is -0.493 e. The maximum atomic E-state index is 14.5. The summed E-state index contributed by atoms with van der Waals surface area (Å²) in [4.78, 5) is 1.88. The molecule has 0 spiro atoms. The standard InChI is InChI=1S/C16H22F4N2O2.ClH/c1-23-14-9-11(12(17)10-15(14)24-2)13(3-4-16(18,19)20)22-7-5-21-6-8-22;/h9-10,13,21H,3-8H2,1-2H3;1H/t13-;/m0./s1. The molecule has 0 aromatic heterocycles. The summed E-state index contributed by atoms with van der Waals surface area (Å²) in [5.41, 5.74) is 0.207. The van der Waals surface area contributed by atoms with E-state index in [0.717, 1.165) is 6.07 Å². The Morgan fingerprint density at radius 3 is 2.20 bits per heavy atom. The van der Waals surface area contributed by atoms with Crippen molar-refractivity contribution < 1.29 is 27.0 Å². The first-order valence-corrected chi connectivity index (χ1v) is 7.78. The molecule has 0 radical (unpaired) electrons. The highest BCUT2D eigenvalue weighted by atomic mass is 35.5. The first-order valence-electron chi connectivity index (χ1n) is 7.78. The minimum atomic E-state index is -4.28. The van der Waals surface area contributed by atoms with Crippen LogP contribution in [0.4, 0.5) is 17.6 Å². The third-order valence-corrected chi connectivity index (χ3v) is 4.16. The molecule has 1 atom stereocenters. The van der Waals surface area contributed by atoms with E-state index in [1.54, 1.807) is 0 Å². The second-order valence-corrected chi connectivity index (χ2v) is 5.68. The van der Waals surface area contributed by atoms with E-state index in [0.29, 0.717) is 31.9 Å². The molecular weight excluding hydrogens is 364 g/mol. The fourth-order valence-corrected chi connectivity index (χ4v) is 2.95. The first kappa shape index (κ1) is 21.8. The predicted molar refractivity (Wildman–Crippen MR) is 89.2 cm³/mol. The van der Waals surface area contributed by atoms with E-state index in [-0.39, 0.29) is 30.1 Å². The number of methoxy groups -OCH3 is 2. The Balaban J connectivity index is 0.00000312. The summed E-state index contributed by atoms with van der Waals surface area (Å²) in [6.45, 7) is 2.46. The van der Waals surface area contributed by atoms with Crippen LogP contribution in [0.1, 0.15) is 24.4 Å². The van der Waals surface area contributed by atoms with E-state index in [1.165, 1.54) is 20.3 Å². The van der Waals surface area contributed by atoms with Gasteiger partial charge in [0.25, 0.3) is 0 Å². The van der Waals surface area contributed by atoms with Gasteiger partial charge >= 0.3 is 6.18 Å². The highest BCUT2D eigenvalue weighted by Gasteiger charge is 2.33. The van der Waals surface area contributed by atoms with E-state index in [4.69, 9.17) is 9.47 Å². The van der Waals surface area contributed by atoms with Gasteiger partial charge in [0.1, 0.15) is 5.82 Å². The molecule has 0 aliphatic carbocycles.